The highest BCUT2D eigenvalue weighted by Gasteiger charge is 2.16. The summed E-state index contributed by atoms with van der Waals surface area (Å²) in [5, 5.41) is 18.2. The van der Waals surface area contributed by atoms with E-state index < -0.39 is 11.8 Å². The Morgan fingerprint density at radius 2 is 2.31 bits per heavy atom. The summed E-state index contributed by atoms with van der Waals surface area (Å²) in [4.78, 5) is 11.2. The van der Waals surface area contributed by atoms with Gasteiger partial charge < -0.3 is 9.84 Å². The van der Waals surface area contributed by atoms with E-state index in [0.29, 0.717) is 0 Å². The number of aromatic hydroxyl groups is 1. The van der Waals surface area contributed by atoms with Crippen molar-refractivity contribution in [3.05, 3.63) is 29.1 Å². The van der Waals surface area contributed by atoms with E-state index in [1.807, 2.05) is 0 Å². The topological polar surface area (TPSA) is 70.3 Å². The van der Waals surface area contributed by atoms with E-state index in [4.69, 9.17) is 5.26 Å². The number of hydrogen-bond acceptors (Lipinski definition) is 4. The molecule has 4 nitrogen and oxygen atoms in total. The van der Waals surface area contributed by atoms with Crippen LogP contribution in [0.1, 0.15) is 18.1 Å². The zero-order valence-corrected chi connectivity index (χ0v) is 8.66. The molecule has 0 fully saturated rings. The molecule has 5 heteroatoms. The number of carbonyl (C=O) groups excluding carboxylic acids is 1. The predicted octanol–water partition coefficient (Wildman–Crippen LogP) is 1.51. The lowest BCUT2D eigenvalue weighted by molar-refractivity contribution is -0.142. The number of carbonyl (C=O) groups is 1. The minimum Gasteiger partial charge on any atom is -0.508 e. The van der Waals surface area contributed by atoms with Crippen LogP contribution in [0.25, 0.3) is 0 Å². The average Bonchev–Trinajstić information content (AvgIpc) is 2.24. The van der Waals surface area contributed by atoms with Gasteiger partial charge in [-0.15, -0.1) is 0 Å². The molecule has 0 aliphatic carbocycles. The largest absolute Gasteiger partial charge is 0.508 e. The van der Waals surface area contributed by atoms with Crippen LogP contribution in [0, 0.1) is 17.1 Å². The van der Waals surface area contributed by atoms with Gasteiger partial charge in [-0.05, 0) is 19.1 Å². The number of hydrogen-bond donors (Lipinski definition) is 1. The highest BCUT2D eigenvalue weighted by Crippen LogP contribution is 2.24. The molecule has 0 radical (unpaired) electrons. The summed E-state index contributed by atoms with van der Waals surface area (Å²) in [5.41, 5.74) is -0.367. The summed E-state index contributed by atoms with van der Waals surface area (Å²) in [7, 11) is 0. The summed E-state index contributed by atoms with van der Waals surface area (Å²) in [6, 6.07) is 3.69. The number of phenolic OH excluding ortho intramolecular Hbond substituents is 1. The number of nitrogens with zero attached hydrogens (tertiary/aromatic N) is 1. The second-order valence-corrected chi connectivity index (χ2v) is 3.01. The number of phenols is 1. The third kappa shape index (κ3) is 2.48. The summed E-state index contributed by atoms with van der Waals surface area (Å²) < 4.78 is 17.8. The van der Waals surface area contributed by atoms with Crippen LogP contribution in [0.15, 0.2) is 12.1 Å². The SMILES string of the molecule is CCOC(=O)Cc1c(O)ccc(F)c1C#N. The van der Waals surface area contributed by atoms with Crippen LogP contribution < -0.4 is 0 Å². The Bertz CT molecular complexity index is 451. The molecule has 1 rings (SSSR count). The zero-order valence-electron chi connectivity index (χ0n) is 8.66. The molecule has 0 amide bonds. The van der Waals surface area contributed by atoms with E-state index in [9.17, 15) is 14.3 Å². The van der Waals surface area contributed by atoms with Gasteiger partial charge in [-0.3, -0.25) is 4.79 Å². The Labute approximate surface area is 91.9 Å². The van der Waals surface area contributed by atoms with E-state index in [-0.39, 0.29) is 29.9 Å². The molecular weight excluding hydrogens is 213 g/mol. The molecule has 0 bridgehead atoms. The molecule has 0 aromatic heterocycles. The fourth-order valence-electron chi connectivity index (χ4n) is 1.26. The van der Waals surface area contributed by atoms with Gasteiger partial charge in [0, 0.05) is 5.56 Å². The van der Waals surface area contributed by atoms with Crippen molar-refractivity contribution in [2.45, 2.75) is 13.3 Å². The number of halogens is 1. The van der Waals surface area contributed by atoms with Gasteiger partial charge in [-0.25, -0.2) is 4.39 Å². The van der Waals surface area contributed by atoms with E-state index in [1.54, 1.807) is 13.0 Å². The molecule has 0 saturated heterocycles. The Morgan fingerprint density at radius 1 is 1.62 bits per heavy atom. The van der Waals surface area contributed by atoms with Gasteiger partial charge in [0.15, 0.2) is 0 Å². The van der Waals surface area contributed by atoms with Crippen LogP contribution in [0.2, 0.25) is 0 Å². The molecular formula is C11H10FNO3. The maximum absolute atomic E-state index is 13.2. The number of ether oxygens (including phenoxy) is 1. The lowest BCUT2D eigenvalue weighted by Crippen LogP contribution is -2.09. The summed E-state index contributed by atoms with van der Waals surface area (Å²) in [5.74, 6) is -1.66. The van der Waals surface area contributed by atoms with Gasteiger partial charge in [0.2, 0.25) is 0 Å². The molecule has 0 spiro atoms. The average molecular weight is 223 g/mol. The highest BCUT2D eigenvalue weighted by molar-refractivity contribution is 5.74. The minimum atomic E-state index is -0.764. The van der Waals surface area contributed by atoms with Crippen molar-refractivity contribution in [1.29, 1.82) is 5.26 Å². The normalized spacial score (nSPS) is 9.56. The van der Waals surface area contributed by atoms with E-state index in [0.717, 1.165) is 12.1 Å². The molecule has 0 unspecified atom stereocenters. The van der Waals surface area contributed by atoms with Crippen LogP contribution in [0.3, 0.4) is 0 Å². The lowest BCUT2D eigenvalue weighted by Gasteiger charge is -2.06. The first-order valence-corrected chi connectivity index (χ1v) is 4.66. The molecule has 0 aliphatic heterocycles. The van der Waals surface area contributed by atoms with Gasteiger partial charge in [0.1, 0.15) is 17.6 Å². The molecule has 16 heavy (non-hydrogen) atoms. The molecule has 0 atom stereocenters. The summed E-state index contributed by atoms with van der Waals surface area (Å²) >= 11 is 0. The minimum absolute atomic E-state index is 0.0408. The van der Waals surface area contributed by atoms with Crippen LogP contribution in [-0.4, -0.2) is 17.7 Å². The standard InChI is InChI=1S/C11H10FNO3/c1-2-16-11(15)5-7-8(6-13)9(12)3-4-10(7)14/h3-4,14H,2,5H2,1H3. The van der Waals surface area contributed by atoms with Crippen molar-refractivity contribution >= 4 is 5.97 Å². The monoisotopic (exact) mass is 223 g/mol. The summed E-state index contributed by atoms with van der Waals surface area (Å²) in [6.07, 6.45) is -0.319. The van der Waals surface area contributed by atoms with Gasteiger partial charge in [-0.1, -0.05) is 0 Å². The Kier molecular flexibility index (Phi) is 3.84. The van der Waals surface area contributed by atoms with Crippen LogP contribution in [0.5, 0.6) is 5.75 Å². The van der Waals surface area contributed by atoms with E-state index in [1.165, 1.54) is 0 Å². The maximum atomic E-state index is 13.2. The quantitative estimate of drug-likeness (QED) is 0.788. The summed E-state index contributed by atoms with van der Waals surface area (Å²) in [6.45, 7) is 1.82. The Morgan fingerprint density at radius 3 is 2.88 bits per heavy atom. The first-order chi connectivity index (χ1) is 7.60. The third-order valence-electron chi connectivity index (χ3n) is 1.98. The van der Waals surface area contributed by atoms with E-state index >= 15 is 0 Å². The zero-order chi connectivity index (χ0) is 12.1. The van der Waals surface area contributed by atoms with Crippen molar-refractivity contribution < 1.29 is 19.0 Å². The van der Waals surface area contributed by atoms with Crippen molar-refractivity contribution in [2.24, 2.45) is 0 Å². The van der Waals surface area contributed by atoms with Gasteiger partial charge in [0.25, 0.3) is 0 Å². The van der Waals surface area contributed by atoms with Crippen LogP contribution >= 0.6 is 0 Å². The van der Waals surface area contributed by atoms with Gasteiger partial charge in [0.05, 0.1) is 18.6 Å². The number of rotatable bonds is 3. The fraction of sp³-hybridized carbons (Fsp3) is 0.273. The van der Waals surface area contributed by atoms with E-state index in [2.05, 4.69) is 4.74 Å². The lowest BCUT2D eigenvalue weighted by atomic mass is 10.0. The van der Waals surface area contributed by atoms with Crippen molar-refractivity contribution in [1.82, 2.24) is 0 Å². The van der Waals surface area contributed by atoms with Crippen molar-refractivity contribution in [2.75, 3.05) is 6.61 Å². The highest BCUT2D eigenvalue weighted by atomic mass is 19.1. The molecule has 1 aromatic carbocycles. The number of esters is 1. The second-order valence-electron chi connectivity index (χ2n) is 3.01. The molecule has 0 aliphatic rings. The molecule has 1 N–H and O–H groups in total. The first kappa shape index (κ1) is 12.0. The maximum Gasteiger partial charge on any atom is 0.310 e. The Hall–Kier alpha value is -2.09. The van der Waals surface area contributed by atoms with Gasteiger partial charge in [-0.2, -0.15) is 5.26 Å². The molecule has 1 aromatic rings. The first-order valence-electron chi connectivity index (χ1n) is 4.66. The third-order valence-corrected chi connectivity index (χ3v) is 1.98. The number of nitriles is 1. The van der Waals surface area contributed by atoms with Crippen LogP contribution in [0.4, 0.5) is 4.39 Å². The van der Waals surface area contributed by atoms with Crippen LogP contribution in [-0.2, 0) is 16.0 Å². The number of benzene rings is 1. The fourth-order valence-corrected chi connectivity index (χ4v) is 1.26. The smallest absolute Gasteiger partial charge is 0.310 e. The van der Waals surface area contributed by atoms with Crippen molar-refractivity contribution in [3.8, 4) is 11.8 Å². The van der Waals surface area contributed by atoms with Crippen molar-refractivity contribution in [3.63, 3.8) is 0 Å². The molecule has 0 saturated carbocycles. The molecule has 0 heterocycles. The Balaban J connectivity index is 3.08. The van der Waals surface area contributed by atoms with Gasteiger partial charge >= 0.3 is 5.97 Å². The predicted molar refractivity (Wildman–Crippen MR) is 53.1 cm³/mol. The molecule has 84 valence electrons. The second kappa shape index (κ2) is 5.12.